The third-order valence-corrected chi connectivity index (χ3v) is 6.07. The lowest BCUT2D eigenvalue weighted by atomic mass is 10.1. The summed E-state index contributed by atoms with van der Waals surface area (Å²) >= 11 is 0. The topological polar surface area (TPSA) is 189 Å². The normalized spacial score (nSPS) is 22.6. The second kappa shape index (κ2) is 10.6. The molecule has 1 fully saturated rings. The summed E-state index contributed by atoms with van der Waals surface area (Å²) in [5.74, 6) is -1.13. The molecule has 0 aromatic carbocycles. The van der Waals surface area contributed by atoms with Crippen molar-refractivity contribution in [2.45, 2.75) is 64.1 Å². The fourth-order valence-corrected chi connectivity index (χ4v) is 4.29. The molecule has 1 unspecified atom stereocenters. The number of hydrogen-bond acceptors (Lipinski definition) is 13. The van der Waals surface area contributed by atoms with Gasteiger partial charge in [0.25, 0.3) is 0 Å². The van der Waals surface area contributed by atoms with E-state index in [1.165, 1.54) is 25.2 Å². The molecule has 2 aromatic heterocycles. The maximum absolute atomic E-state index is 12.6. The first-order valence-electron chi connectivity index (χ1n) is 11.7. The van der Waals surface area contributed by atoms with E-state index >= 15 is 0 Å². The molecule has 1 saturated heterocycles. The number of hydrogen-bond donors (Lipinski definition) is 2. The van der Waals surface area contributed by atoms with Gasteiger partial charge in [-0.15, -0.1) is 0 Å². The number of aromatic nitrogens is 3. The molecular weight excluding hydrogens is 488 g/mol. The third kappa shape index (κ3) is 5.29. The van der Waals surface area contributed by atoms with Gasteiger partial charge in [-0.05, 0) is 13.8 Å². The number of rotatable bonds is 10. The van der Waals surface area contributed by atoms with Gasteiger partial charge in [0.05, 0.1) is 24.8 Å². The quantitative estimate of drug-likeness (QED) is 0.401. The van der Waals surface area contributed by atoms with Crippen LogP contribution in [0.2, 0.25) is 0 Å². The van der Waals surface area contributed by atoms with Crippen LogP contribution in [-0.2, 0) is 33.4 Å². The summed E-state index contributed by atoms with van der Waals surface area (Å²) in [4.78, 5) is 56.4. The lowest BCUT2D eigenvalue weighted by Crippen LogP contribution is -2.40. The van der Waals surface area contributed by atoms with E-state index in [2.05, 4.69) is 15.1 Å². The van der Waals surface area contributed by atoms with E-state index in [9.17, 15) is 24.3 Å². The minimum absolute atomic E-state index is 0.0277. The summed E-state index contributed by atoms with van der Waals surface area (Å²) in [5.41, 5.74) is 7.05. The zero-order valence-electron chi connectivity index (χ0n) is 20.6. The molecular formula is C23H28N6O8. The van der Waals surface area contributed by atoms with Crippen LogP contribution in [0.25, 0.3) is 11.0 Å². The first-order chi connectivity index (χ1) is 17.6. The monoisotopic (exact) mass is 516 g/mol. The second-order valence-electron chi connectivity index (χ2n) is 8.92. The smallest absolute Gasteiger partial charge is 0.306 e. The Hall–Kier alpha value is -3.91. The Morgan fingerprint density at radius 2 is 1.65 bits per heavy atom. The van der Waals surface area contributed by atoms with Crippen molar-refractivity contribution in [3.8, 4) is 0 Å². The van der Waals surface area contributed by atoms with Gasteiger partial charge in [-0.25, -0.2) is 15.0 Å². The lowest BCUT2D eigenvalue weighted by Gasteiger charge is -2.25. The number of aliphatic hydroxyl groups excluding tert-OH is 1. The zero-order chi connectivity index (χ0) is 26.9. The van der Waals surface area contributed by atoms with Crippen LogP contribution >= 0.6 is 0 Å². The first-order valence-corrected chi connectivity index (χ1v) is 11.7. The number of esters is 2. The van der Waals surface area contributed by atoms with Crippen LogP contribution in [0.5, 0.6) is 0 Å². The van der Waals surface area contributed by atoms with E-state index in [1.54, 1.807) is 17.8 Å². The molecule has 14 heteroatoms. The van der Waals surface area contributed by atoms with Gasteiger partial charge in [0.15, 0.2) is 30.1 Å². The molecule has 0 bridgehead atoms. The van der Waals surface area contributed by atoms with Crippen molar-refractivity contribution in [2.24, 2.45) is 10.8 Å². The van der Waals surface area contributed by atoms with E-state index in [-0.39, 0.29) is 43.1 Å². The number of nitrogens with zero attached hydrogens (tertiary/aromatic N) is 5. The number of amidine groups is 1. The molecule has 4 atom stereocenters. The summed E-state index contributed by atoms with van der Waals surface area (Å²) < 4.78 is 18.8. The minimum Gasteiger partial charge on any atom is -0.455 e. The van der Waals surface area contributed by atoms with Crippen molar-refractivity contribution < 1.29 is 38.5 Å². The van der Waals surface area contributed by atoms with Crippen molar-refractivity contribution >= 4 is 46.2 Å². The molecule has 2 aliphatic rings. The second-order valence-corrected chi connectivity index (χ2v) is 8.92. The summed E-state index contributed by atoms with van der Waals surface area (Å²) in [6.45, 7) is 2.15. The Bertz CT molecular complexity index is 1270. The molecule has 4 heterocycles. The highest BCUT2D eigenvalue weighted by atomic mass is 16.6. The molecule has 14 nitrogen and oxygen atoms in total. The molecule has 0 amide bonds. The van der Waals surface area contributed by atoms with Gasteiger partial charge in [0, 0.05) is 31.6 Å². The van der Waals surface area contributed by atoms with E-state index in [4.69, 9.17) is 19.9 Å². The van der Waals surface area contributed by atoms with Crippen molar-refractivity contribution in [3.63, 3.8) is 0 Å². The van der Waals surface area contributed by atoms with Crippen LogP contribution in [0.4, 0.5) is 5.82 Å². The Kier molecular flexibility index (Phi) is 7.50. The fraction of sp³-hybridized carbons (Fsp3) is 0.522. The number of ketones is 2. The summed E-state index contributed by atoms with van der Waals surface area (Å²) in [7, 11) is 1.68. The van der Waals surface area contributed by atoms with Gasteiger partial charge in [-0.1, -0.05) is 0 Å². The predicted octanol–water partition coefficient (Wildman–Crippen LogP) is -0.0469. The number of hydrazone groups is 1. The number of anilines is 1. The Labute approximate surface area is 211 Å². The third-order valence-electron chi connectivity index (χ3n) is 6.07. The van der Waals surface area contributed by atoms with Crippen LogP contribution in [0, 0.1) is 0 Å². The highest BCUT2D eigenvalue weighted by Gasteiger charge is 2.51. The largest absolute Gasteiger partial charge is 0.455 e. The van der Waals surface area contributed by atoms with Crippen molar-refractivity contribution in [1.29, 1.82) is 0 Å². The number of Topliss-reactive ketones (excluding diaryl/α,β-unsaturated/α-hetero) is 2. The average Bonchev–Trinajstić information content (AvgIpc) is 3.39. The SMILES string of the molecule is CC(=O)CCC(=O)OC1[C@@H](CO)O[C@@H](n2cc3c4c(ncnc42)N(C)N=C3N)[C@H]1OC(=O)CCC(C)=O. The zero-order valence-corrected chi connectivity index (χ0v) is 20.6. The lowest BCUT2D eigenvalue weighted by molar-refractivity contribution is -0.169. The number of aliphatic hydroxyl groups is 1. The highest BCUT2D eigenvalue weighted by molar-refractivity contribution is 6.13. The molecule has 4 rings (SSSR count). The molecule has 0 spiro atoms. The van der Waals surface area contributed by atoms with Crippen LogP contribution in [0.15, 0.2) is 17.6 Å². The number of nitrogens with two attached hydrogens (primary N) is 1. The standard InChI is InChI=1S/C23H28N6O8/c1-11(31)4-6-15(33)36-18-14(9-30)35-23(19(18)37-16(34)7-5-12(2)32)29-8-13-17-21(25-10-26-22(17)29)28(3)27-20(13)24/h8,10,14,18-19,23,30H,4-7,9H2,1-3H3,(H2,24,27)/t14-,18?,19+,23-/m1/s1. The average molecular weight is 517 g/mol. The van der Waals surface area contributed by atoms with Crippen LogP contribution in [0.3, 0.4) is 0 Å². The van der Waals surface area contributed by atoms with Gasteiger partial charge in [-0.2, -0.15) is 5.10 Å². The van der Waals surface area contributed by atoms with Crippen LogP contribution in [0.1, 0.15) is 51.3 Å². The van der Waals surface area contributed by atoms with Gasteiger partial charge < -0.3 is 39.2 Å². The highest BCUT2D eigenvalue weighted by Crippen LogP contribution is 2.39. The molecule has 198 valence electrons. The molecule has 0 aliphatic carbocycles. The predicted molar refractivity (Wildman–Crippen MR) is 127 cm³/mol. The van der Waals surface area contributed by atoms with Crippen molar-refractivity contribution in [1.82, 2.24) is 14.5 Å². The van der Waals surface area contributed by atoms with E-state index in [1.807, 2.05) is 0 Å². The maximum atomic E-state index is 12.6. The van der Waals surface area contributed by atoms with Gasteiger partial charge in [0.2, 0.25) is 0 Å². The fourth-order valence-electron chi connectivity index (χ4n) is 4.29. The molecule has 3 N–H and O–H groups in total. The summed E-state index contributed by atoms with van der Waals surface area (Å²) in [6.07, 6.45) is -2.05. The number of carbonyl (C=O) groups is 4. The number of carbonyl (C=O) groups excluding carboxylic acids is 4. The molecule has 0 radical (unpaired) electrons. The Morgan fingerprint density at radius 1 is 1.03 bits per heavy atom. The summed E-state index contributed by atoms with van der Waals surface area (Å²) in [6, 6.07) is 0. The minimum atomic E-state index is -1.21. The Balaban J connectivity index is 1.72. The van der Waals surface area contributed by atoms with E-state index in [0.717, 1.165) is 0 Å². The van der Waals surface area contributed by atoms with Crippen molar-refractivity contribution in [2.75, 3.05) is 18.7 Å². The van der Waals surface area contributed by atoms with E-state index in [0.29, 0.717) is 22.4 Å². The van der Waals surface area contributed by atoms with Gasteiger partial charge in [0.1, 0.15) is 29.6 Å². The summed E-state index contributed by atoms with van der Waals surface area (Å²) in [5, 5.41) is 16.4. The molecule has 2 aliphatic heterocycles. The molecule has 0 saturated carbocycles. The molecule has 37 heavy (non-hydrogen) atoms. The first kappa shape index (κ1) is 26.2. The molecule has 2 aromatic rings. The van der Waals surface area contributed by atoms with E-state index < -0.39 is 43.1 Å². The Morgan fingerprint density at radius 3 is 2.24 bits per heavy atom. The van der Waals surface area contributed by atoms with Gasteiger partial charge in [-0.3, -0.25) is 9.59 Å². The van der Waals surface area contributed by atoms with Crippen LogP contribution in [-0.4, -0.2) is 80.9 Å². The van der Waals surface area contributed by atoms with Crippen LogP contribution < -0.4 is 10.7 Å². The van der Waals surface area contributed by atoms with Gasteiger partial charge >= 0.3 is 11.9 Å². The van der Waals surface area contributed by atoms with Crippen molar-refractivity contribution in [3.05, 3.63) is 18.1 Å². The number of ether oxygens (including phenoxy) is 3. The maximum Gasteiger partial charge on any atom is 0.306 e.